The summed E-state index contributed by atoms with van der Waals surface area (Å²) >= 11 is 0. The number of fused-ring (bicyclic) bond motifs is 2. The lowest BCUT2D eigenvalue weighted by Gasteiger charge is -2.16. The van der Waals surface area contributed by atoms with E-state index in [9.17, 15) is 14.0 Å². The van der Waals surface area contributed by atoms with Gasteiger partial charge in [0.05, 0.1) is 16.8 Å². The van der Waals surface area contributed by atoms with Gasteiger partial charge in [0.15, 0.2) is 6.10 Å². The van der Waals surface area contributed by atoms with E-state index in [0.29, 0.717) is 5.56 Å². The minimum Gasteiger partial charge on any atom is -0.449 e. The topological polar surface area (TPSA) is 68.3 Å². The molecule has 3 aromatic rings. The molecule has 142 valence electrons. The lowest BCUT2D eigenvalue weighted by Crippen LogP contribution is -2.30. The zero-order valence-corrected chi connectivity index (χ0v) is 15.4. The average molecular weight is 378 g/mol. The highest BCUT2D eigenvalue weighted by Gasteiger charge is 2.27. The first-order valence-corrected chi connectivity index (χ1v) is 9.21. The van der Waals surface area contributed by atoms with Gasteiger partial charge in [0.25, 0.3) is 5.91 Å². The number of hydrogen-bond donors (Lipinski definition) is 1. The number of rotatable bonds is 4. The first kappa shape index (κ1) is 18.1. The molecule has 0 spiro atoms. The summed E-state index contributed by atoms with van der Waals surface area (Å²) in [6, 6.07) is 13.3. The number of pyridine rings is 1. The van der Waals surface area contributed by atoms with Gasteiger partial charge in [0.1, 0.15) is 5.82 Å². The molecule has 2 aromatic carbocycles. The second-order valence-corrected chi connectivity index (χ2v) is 6.80. The second-order valence-electron chi connectivity index (χ2n) is 6.80. The van der Waals surface area contributed by atoms with Crippen LogP contribution in [-0.2, 0) is 22.4 Å². The summed E-state index contributed by atoms with van der Waals surface area (Å²) in [4.78, 5) is 30.0. The molecule has 5 nitrogen and oxygen atoms in total. The van der Waals surface area contributed by atoms with Crippen molar-refractivity contribution in [3.05, 3.63) is 71.2 Å². The van der Waals surface area contributed by atoms with Crippen LogP contribution in [0.4, 0.5) is 10.1 Å². The predicted octanol–water partition coefficient (Wildman–Crippen LogP) is 4.05. The molecule has 0 saturated heterocycles. The van der Waals surface area contributed by atoms with Crippen molar-refractivity contribution in [1.82, 2.24) is 4.98 Å². The molecule has 0 fully saturated rings. The fourth-order valence-corrected chi connectivity index (χ4v) is 3.51. The van der Waals surface area contributed by atoms with Crippen LogP contribution in [0.3, 0.4) is 0 Å². The molecule has 28 heavy (non-hydrogen) atoms. The molecule has 0 aliphatic heterocycles. The Bertz CT molecular complexity index is 1080. The van der Waals surface area contributed by atoms with Crippen molar-refractivity contribution in [1.29, 1.82) is 0 Å². The van der Waals surface area contributed by atoms with Crippen LogP contribution in [0.2, 0.25) is 0 Å². The maximum Gasteiger partial charge on any atom is 0.339 e. The molecule has 1 atom stereocenters. The van der Waals surface area contributed by atoms with Crippen molar-refractivity contribution in [3.63, 3.8) is 0 Å². The number of hydrogen-bond acceptors (Lipinski definition) is 4. The molecule has 6 heteroatoms. The largest absolute Gasteiger partial charge is 0.449 e. The third-order valence-corrected chi connectivity index (χ3v) is 4.91. The second kappa shape index (κ2) is 7.38. The van der Waals surface area contributed by atoms with Crippen molar-refractivity contribution in [2.75, 3.05) is 5.32 Å². The normalized spacial score (nSPS) is 13.8. The maximum absolute atomic E-state index is 13.7. The van der Waals surface area contributed by atoms with Crippen molar-refractivity contribution < 1.29 is 18.7 Å². The number of benzene rings is 2. The van der Waals surface area contributed by atoms with E-state index in [-0.39, 0.29) is 5.69 Å². The average Bonchev–Trinajstić information content (AvgIpc) is 3.15. The number of aromatic nitrogens is 1. The number of aryl methyl sites for hydroxylation is 1. The van der Waals surface area contributed by atoms with Crippen molar-refractivity contribution in [3.8, 4) is 0 Å². The first-order valence-electron chi connectivity index (χ1n) is 9.21. The van der Waals surface area contributed by atoms with E-state index >= 15 is 0 Å². The van der Waals surface area contributed by atoms with Gasteiger partial charge in [-0.05, 0) is 49.9 Å². The Morgan fingerprint density at radius 3 is 2.68 bits per heavy atom. The fraction of sp³-hybridized carbons (Fsp3) is 0.227. The van der Waals surface area contributed by atoms with Gasteiger partial charge in [-0.2, -0.15) is 0 Å². The first-order chi connectivity index (χ1) is 13.5. The van der Waals surface area contributed by atoms with Crippen LogP contribution in [0.15, 0.2) is 48.5 Å². The molecule has 1 aliphatic carbocycles. The zero-order valence-electron chi connectivity index (χ0n) is 15.4. The van der Waals surface area contributed by atoms with Crippen LogP contribution in [0.5, 0.6) is 0 Å². The standard InChI is InChI=1S/C22H19FN2O3/c1-13(21(26)25-19-11-5-3-9-16(19)23)28-22(27)20-14-7-2-4-10-17(14)24-18-12-6-8-15(18)20/h2-5,7,9-11,13H,6,8,12H2,1H3,(H,25,26)/t13-/m1/s1. The maximum atomic E-state index is 13.7. The van der Waals surface area contributed by atoms with E-state index in [0.717, 1.165) is 41.4 Å². The van der Waals surface area contributed by atoms with Crippen molar-refractivity contribution >= 4 is 28.5 Å². The highest BCUT2D eigenvalue weighted by molar-refractivity contribution is 6.06. The summed E-state index contributed by atoms with van der Waals surface area (Å²) in [6.07, 6.45) is 1.44. The molecular formula is C22H19FN2O3. The predicted molar refractivity (Wildman–Crippen MR) is 104 cm³/mol. The molecule has 0 bridgehead atoms. The molecule has 0 unspecified atom stereocenters. The SMILES string of the molecule is C[C@@H](OC(=O)c1c2c(nc3ccccc13)CCC2)C(=O)Nc1ccccc1F. The van der Waals surface area contributed by atoms with Gasteiger partial charge in [0, 0.05) is 11.1 Å². The molecule has 1 aliphatic rings. The Morgan fingerprint density at radius 1 is 1.11 bits per heavy atom. The van der Waals surface area contributed by atoms with Crippen LogP contribution in [0.25, 0.3) is 10.9 Å². The summed E-state index contributed by atoms with van der Waals surface area (Å²) in [5.74, 6) is -1.70. The molecule has 0 saturated carbocycles. The lowest BCUT2D eigenvalue weighted by molar-refractivity contribution is -0.123. The van der Waals surface area contributed by atoms with Gasteiger partial charge < -0.3 is 10.1 Å². The third-order valence-electron chi connectivity index (χ3n) is 4.91. The quantitative estimate of drug-likeness (QED) is 0.696. The van der Waals surface area contributed by atoms with Crippen molar-refractivity contribution in [2.24, 2.45) is 0 Å². The number of esters is 1. The lowest BCUT2D eigenvalue weighted by atomic mass is 10.0. The number of ether oxygens (including phenoxy) is 1. The van der Waals surface area contributed by atoms with Gasteiger partial charge in [-0.25, -0.2) is 9.18 Å². The summed E-state index contributed by atoms with van der Waals surface area (Å²) in [6.45, 7) is 1.47. The van der Waals surface area contributed by atoms with E-state index in [1.54, 1.807) is 6.07 Å². The van der Waals surface area contributed by atoms with Gasteiger partial charge in [-0.15, -0.1) is 0 Å². The monoisotopic (exact) mass is 378 g/mol. The van der Waals surface area contributed by atoms with Gasteiger partial charge >= 0.3 is 5.97 Å². The Balaban J connectivity index is 1.59. The molecule has 4 rings (SSSR count). The molecular weight excluding hydrogens is 359 g/mol. The number of anilines is 1. The highest BCUT2D eigenvalue weighted by Crippen LogP contribution is 2.30. The number of carbonyl (C=O) groups is 2. The van der Waals surface area contributed by atoms with E-state index in [1.165, 1.54) is 25.1 Å². The number of amides is 1. The number of nitrogens with zero attached hydrogens (tertiary/aromatic N) is 1. The minimum absolute atomic E-state index is 0.0469. The fourth-order valence-electron chi connectivity index (χ4n) is 3.51. The summed E-state index contributed by atoms with van der Waals surface area (Å²) < 4.78 is 19.2. The van der Waals surface area contributed by atoms with E-state index in [4.69, 9.17) is 4.74 Å². The van der Waals surface area contributed by atoms with Gasteiger partial charge in [-0.3, -0.25) is 9.78 Å². The third kappa shape index (κ3) is 3.33. The van der Waals surface area contributed by atoms with Gasteiger partial charge in [-0.1, -0.05) is 30.3 Å². The van der Waals surface area contributed by atoms with Crippen LogP contribution in [-0.4, -0.2) is 23.0 Å². The van der Waals surface area contributed by atoms with E-state index < -0.39 is 23.8 Å². The molecule has 0 radical (unpaired) electrons. The summed E-state index contributed by atoms with van der Waals surface area (Å²) in [7, 11) is 0. The van der Waals surface area contributed by atoms with E-state index in [1.807, 2.05) is 24.3 Å². The van der Waals surface area contributed by atoms with Crippen LogP contribution >= 0.6 is 0 Å². The Morgan fingerprint density at radius 2 is 1.86 bits per heavy atom. The number of para-hydroxylation sites is 2. The molecule has 1 N–H and O–H groups in total. The molecule has 1 heterocycles. The van der Waals surface area contributed by atoms with E-state index in [2.05, 4.69) is 10.3 Å². The minimum atomic E-state index is -1.07. The Labute approximate surface area is 161 Å². The Hall–Kier alpha value is -3.28. The van der Waals surface area contributed by atoms with Crippen LogP contribution in [0, 0.1) is 5.82 Å². The zero-order chi connectivity index (χ0) is 19.7. The summed E-state index contributed by atoms with van der Waals surface area (Å²) in [5, 5.41) is 3.17. The van der Waals surface area contributed by atoms with Gasteiger partial charge in [0.2, 0.25) is 0 Å². The molecule has 1 aromatic heterocycles. The summed E-state index contributed by atoms with van der Waals surface area (Å²) in [5.41, 5.74) is 3.06. The Kier molecular flexibility index (Phi) is 4.77. The molecule has 1 amide bonds. The van der Waals surface area contributed by atoms with Crippen LogP contribution < -0.4 is 5.32 Å². The number of carbonyl (C=O) groups excluding carboxylic acids is 2. The smallest absolute Gasteiger partial charge is 0.339 e. The van der Waals surface area contributed by atoms with Crippen molar-refractivity contribution in [2.45, 2.75) is 32.3 Å². The number of nitrogens with one attached hydrogen (secondary N) is 1. The van der Waals surface area contributed by atoms with Crippen LogP contribution in [0.1, 0.15) is 35.0 Å². The highest BCUT2D eigenvalue weighted by atomic mass is 19.1. The number of halogens is 1.